The van der Waals surface area contributed by atoms with Gasteiger partial charge in [0, 0.05) is 10.9 Å². The van der Waals surface area contributed by atoms with E-state index in [4.69, 9.17) is 11.6 Å². The van der Waals surface area contributed by atoms with E-state index >= 15 is 0 Å². The lowest BCUT2D eigenvalue weighted by Crippen LogP contribution is -1.97. The maximum Gasteiger partial charge on any atom is 0.164 e. The standard InChI is InChI=1S/C15H9ClF2N2/c1-8-11(17)7-6-10-13(8)19-15(20-14(10)16)9-4-2-3-5-12(9)18/h2-7H,1H3. The number of fused-ring (bicyclic) bond motifs is 1. The molecule has 0 saturated carbocycles. The van der Waals surface area contributed by atoms with Gasteiger partial charge in [0.1, 0.15) is 16.8 Å². The Morgan fingerprint density at radius 3 is 2.45 bits per heavy atom. The summed E-state index contributed by atoms with van der Waals surface area (Å²) in [5, 5.41) is 0.724. The Bertz CT molecular complexity index is 818. The average molecular weight is 291 g/mol. The molecule has 0 aliphatic carbocycles. The van der Waals surface area contributed by atoms with Gasteiger partial charge in [0.2, 0.25) is 0 Å². The number of hydrogen-bond acceptors (Lipinski definition) is 2. The quantitative estimate of drug-likeness (QED) is 0.615. The van der Waals surface area contributed by atoms with Crippen molar-refractivity contribution in [2.75, 3.05) is 0 Å². The summed E-state index contributed by atoms with van der Waals surface area (Å²) in [6.45, 7) is 1.60. The highest BCUT2D eigenvalue weighted by Gasteiger charge is 2.14. The molecule has 0 radical (unpaired) electrons. The third kappa shape index (κ3) is 2.02. The van der Waals surface area contributed by atoms with Crippen LogP contribution < -0.4 is 0 Å². The first kappa shape index (κ1) is 12.9. The highest BCUT2D eigenvalue weighted by molar-refractivity contribution is 6.34. The van der Waals surface area contributed by atoms with Crippen molar-refractivity contribution < 1.29 is 8.78 Å². The van der Waals surface area contributed by atoms with Crippen LogP contribution in [0.1, 0.15) is 5.56 Å². The summed E-state index contributed by atoms with van der Waals surface area (Å²) in [5.41, 5.74) is 0.993. The Hall–Kier alpha value is -2.07. The van der Waals surface area contributed by atoms with Gasteiger partial charge in [-0.05, 0) is 31.2 Å². The highest BCUT2D eigenvalue weighted by atomic mass is 35.5. The van der Waals surface area contributed by atoms with Crippen LogP contribution in [0.2, 0.25) is 5.15 Å². The maximum atomic E-state index is 13.8. The molecule has 100 valence electrons. The molecule has 0 saturated heterocycles. The van der Waals surface area contributed by atoms with E-state index in [2.05, 4.69) is 9.97 Å². The summed E-state index contributed by atoms with van der Waals surface area (Å²) >= 11 is 6.09. The number of nitrogens with zero attached hydrogens (tertiary/aromatic N) is 2. The number of aromatic nitrogens is 2. The largest absolute Gasteiger partial charge is 0.227 e. The molecule has 3 aromatic rings. The number of halogens is 3. The summed E-state index contributed by atoms with van der Waals surface area (Å²) in [7, 11) is 0. The predicted molar refractivity (Wildman–Crippen MR) is 74.6 cm³/mol. The topological polar surface area (TPSA) is 25.8 Å². The molecule has 0 aliphatic rings. The van der Waals surface area contributed by atoms with Crippen molar-refractivity contribution in [3.8, 4) is 11.4 Å². The van der Waals surface area contributed by atoms with Crippen LogP contribution in [0.25, 0.3) is 22.3 Å². The van der Waals surface area contributed by atoms with Crippen LogP contribution in [-0.4, -0.2) is 9.97 Å². The molecular formula is C15H9ClF2N2. The van der Waals surface area contributed by atoms with Gasteiger partial charge >= 0.3 is 0 Å². The third-order valence-corrected chi connectivity index (χ3v) is 3.41. The molecule has 0 fully saturated rings. The fourth-order valence-electron chi connectivity index (χ4n) is 2.03. The molecular weight excluding hydrogens is 282 g/mol. The summed E-state index contributed by atoms with van der Waals surface area (Å²) < 4.78 is 27.4. The van der Waals surface area contributed by atoms with E-state index in [1.165, 1.54) is 18.2 Å². The minimum Gasteiger partial charge on any atom is -0.227 e. The van der Waals surface area contributed by atoms with Crippen molar-refractivity contribution in [3.63, 3.8) is 0 Å². The SMILES string of the molecule is Cc1c(F)ccc2c(Cl)nc(-c3ccccc3F)nc12. The maximum absolute atomic E-state index is 13.8. The Morgan fingerprint density at radius 1 is 0.950 bits per heavy atom. The lowest BCUT2D eigenvalue weighted by molar-refractivity contribution is 0.620. The van der Waals surface area contributed by atoms with Crippen molar-refractivity contribution in [2.24, 2.45) is 0 Å². The van der Waals surface area contributed by atoms with E-state index in [1.54, 1.807) is 25.1 Å². The van der Waals surface area contributed by atoms with Gasteiger partial charge in [-0.2, -0.15) is 0 Å². The first-order chi connectivity index (χ1) is 9.58. The first-order valence-electron chi connectivity index (χ1n) is 5.95. The summed E-state index contributed by atoms with van der Waals surface area (Å²) in [6.07, 6.45) is 0. The fourth-order valence-corrected chi connectivity index (χ4v) is 2.27. The summed E-state index contributed by atoms with van der Waals surface area (Å²) in [5.74, 6) is -0.682. The Kier molecular flexibility index (Phi) is 3.10. The summed E-state index contributed by atoms with van der Waals surface area (Å²) in [6, 6.07) is 8.96. The second kappa shape index (κ2) is 4.80. The monoisotopic (exact) mass is 290 g/mol. The molecule has 0 N–H and O–H groups in total. The van der Waals surface area contributed by atoms with Crippen molar-refractivity contribution in [1.29, 1.82) is 0 Å². The normalized spacial score (nSPS) is 11.0. The van der Waals surface area contributed by atoms with Gasteiger partial charge in [-0.1, -0.05) is 23.7 Å². The lowest BCUT2D eigenvalue weighted by atomic mass is 10.1. The van der Waals surface area contributed by atoms with Crippen LogP contribution in [0.4, 0.5) is 8.78 Å². The molecule has 3 rings (SSSR count). The van der Waals surface area contributed by atoms with E-state index in [0.717, 1.165) is 0 Å². The van der Waals surface area contributed by atoms with Crippen LogP contribution in [0, 0.1) is 18.6 Å². The van der Waals surface area contributed by atoms with Crippen LogP contribution in [0.15, 0.2) is 36.4 Å². The Labute approximate surface area is 119 Å². The number of hydrogen-bond donors (Lipinski definition) is 0. The summed E-state index contributed by atoms with van der Waals surface area (Å²) in [4.78, 5) is 8.35. The van der Waals surface area contributed by atoms with Gasteiger partial charge in [0.25, 0.3) is 0 Å². The van der Waals surface area contributed by atoms with Gasteiger partial charge < -0.3 is 0 Å². The van der Waals surface area contributed by atoms with Crippen LogP contribution in [-0.2, 0) is 0 Å². The smallest absolute Gasteiger partial charge is 0.164 e. The van der Waals surface area contributed by atoms with E-state index in [0.29, 0.717) is 16.5 Å². The predicted octanol–water partition coefficient (Wildman–Crippen LogP) is 4.54. The number of benzene rings is 2. The van der Waals surface area contributed by atoms with E-state index in [-0.39, 0.29) is 22.4 Å². The molecule has 1 heterocycles. The van der Waals surface area contributed by atoms with Gasteiger partial charge in [0.05, 0.1) is 11.1 Å². The van der Waals surface area contributed by atoms with Gasteiger partial charge in [-0.3, -0.25) is 0 Å². The van der Waals surface area contributed by atoms with Crippen molar-refractivity contribution >= 4 is 22.5 Å². The molecule has 0 aliphatic heterocycles. The zero-order chi connectivity index (χ0) is 14.3. The number of aryl methyl sites for hydroxylation is 1. The molecule has 0 spiro atoms. The molecule has 5 heteroatoms. The van der Waals surface area contributed by atoms with Gasteiger partial charge in [-0.25, -0.2) is 18.7 Å². The third-order valence-electron chi connectivity index (χ3n) is 3.12. The molecule has 1 aromatic heterocycles. The van der Waals surface area contributed by atoms with Crippen LogP contribution >= 0.6 is 11.6 Å². The van der Waals surface area contributed by atoms with Crippen molar-refractivity contribution in [1.82, 2.24) is 9.97 Å². The van der Waals surface area contributed by atoms with Gasteiger partial charge in [-0.15, -0.1) is 0 Å². The average Bonchev–Trinajstić information content (AvgIpc) is 2.43. The van der Waals surface area contributed by atoms with Crippen LogP contribution in [0.5, 0.6) is 0 Å². The van der Waals surface area contributed by atoms with Gasteiger partial charge in [0.15, 0.2) is 5.82 Å². The first-order valence-corrected chi connectivity index (χ1v) is 6.33. The zero-order valence-corrected chi connectivity index (χ0v) is 11.2. The second-order valence-corrected chi connectivity index (χ2v) is 4.74. The van der Waals surface area contributed by atoms with Crippen molar-refractivity contribution in [2.45, 2.75) is 6.92 Å². The minimum atomic E-state index is -0.447. The lowest BCUT2D eigenvalue weighted by Gasteiger charge is -2.08. The van der Waals surface area contributed by atoms with E-state index in [1.807, 2.05) is 0 Å². The Balaban J connectivity index is 2.34. The molecule has 0 atom stereocenters. The van der Waals surface area contributed by atoms with Crippen LogP contribution in [0.3, 0.4) is 0 Å². The van der Waals surface area contributed by atoms with E-state index < -0.39 is 5.82 Å². The fraction of sp³-hybridized carbons (Fsp3) is 0.0667. The molecule has 2 nitrogen and oxygen atoms in total. The second-order valence-electron chi connectivity index (χ2n) is 4.39. The molecule has 0 amide bonds. The Morgan fingerprint density at radius 2 is 1.70 bits per heavy atom. The minimum absolute atomic E-state index is 0.148. The van der Waals surface area contributed by atoms with Crippen molar-refractivity contribution in [3.05, 3.63) is 58.7 Å². The molecule has 20 heavy (non-hydrogen) atoms. The van der Waals surface area contributed by atoms with E-state index in [9.17, 15) is 8.78 Å². The highest BCUT2D eigenvalue weighted by Crippen LogP contribution is 2.28. The zero-order valence-electron chi connectivity index (χ0n) is 10.5. The number of rotatable bonds is 1. The molecule has 2 aromatic carbocycles. The molecule has 0 bridgehead atoms. The molecule has 0 unspecified atom stereocenters.